The molecule has 0 aliphatic heterocycles. The largest absolute Gasteiger partial charge is 0.0776 e. The molecule has 106 valence electrons. The summed E-state index contributed by atoms with van der Waals surface area (Å²) in [7, 11) is 0. The molecule has 0 fully saturated rings. The van der Waals surface area contributed by atoms with Gasteiger partial charge in [-0.05, 0) is 34.4 Å². The van der Waals surface area contributed by atoms with Gasteiger partial charge in [-0.25, -0.2) is 0 Å². The highest BCUT2D eigenvalue weighted by Crippen LogP contribution is 2.30. The summed E-state index contributed by atoms with van der Waals surface area (Å²) in [5, 5.41) is 2.67. The van der Waals surface area contributed by atoms with Crippen molar-refractivity contribution < 1.29 is 0 Å². The van der Waals surface area contributed by atoms with Gasteiger partial charge in [-0.2, -0.15) is 0 Å². The first-order valence-corrected chi connectivity index (χ1v) is 5.90. The smallest absolute Gasteiger partial charge is 0.0103 e. The lowest BCUT2D eigenvalue weighted by atomic mass is 9.96. The molecule has 0 bridgehead atoms. The average Bonchev–Trinajstić information content (AvgIpc) is 2.41. The Balaban J connectivity index is 0.00000120. The van der Waals surface area contributed by atoms with Gasteiger partial charge in [0.1, 0.15) is 0 Å². The number of hydrogen-bond acceptors (Lipinski definition) is 0. The molecule has 20 heavy (non-hydrogen) atoms. The maximum absolute atomic E-state index is 2.22. The van der Waals surface area contributed by atoms with Gasteiger partial charge in [0.25, 0.3) is 0 Å². The minimum absolute atomic E-state index is 0. The van der Waals surface area contributed by atoms with E-state index in [4.69, 9.17) is 0 Å². The van der Waals surface area contributed by atoms with Crippen LogP contribution in [0.15, 0.2) is 66.7 Å². The van der Waals surface area contributed by atoms with Crippen LogP contribution in [0.1, 0.15) is 27.8 Å². The summed E-state index contributed by atoms with van der Waals surface area (Å²) in [5.41, 5.74) is 3.93. The molecule has 3 aromatic rings. The van der Waals surface area contributed by atoms with Gasteiger partial charge < -0.3 is 0 Å². The molecule has 0 aliphatic rings. The Hall–Kier alpha value is -2.08. The van der Waals surface area contributed by atoms with Gasteiger partial charge >= 0.3 is 0 Å². The SMILES string of the molecule is C.C.C.Cc1ccc(-c2ccccc2)c2ccccc12. The predicted molar refractivity (Wildman–Crippen MR) is 94.3 cm³/mol. The maximum Gasteiger partial charge on any atom is -0.0103 e. The van der Waals surface area contributed by atoms with Crippen LogP contribution in [0.25, 0.3) is 21.9 Å². The van der Waals surface area contributed by atoms with Crippen molar-refractivity contribution in [1.29, 1.82) is 0 Å². The van der Waals surface area contributed by atoms with E-state index in [9.17, 15) is 0 Å². The van der Waals surface area contributed by atoms with Crippen molar-refractivity contribution in [2.75, 3.05) is 0 Å². The van der Waals surface area contributed by atoms with E-state index in [1.165, 1.54) is 27.5 Å². The van der Waals surface area contributed by atoms with Crippen LogP contribution in [0.3, 0.4) is 0 Å². The summed E-state index contributed by atoms with van der Waals surface area (Å²) in [6, 6.07) is 23.6. The normalized spacial score (nSPS) is 9.05. The van der Waals surface area contributed by atoms with Crippen LogP contribution in [0, 0.1) is 6.92 Å². The second kappa shape index (κ2) is 7.49. The van der Waals surface area contributed by atoms with Crippen molar-refractivity contribution in [3.05, 3.63) is 72.3 Å². The van der Waals surface area contributed by atoms with Crippen molar-refractivity contribution >= 4 is 10.8 Å². The van der Waals surface area contributed by atoms with Crippen molar-refractivity contribution in [2.45, 2.75) is 29.2 Å². The third-order valence-electron chi connectivity index (χ3n) is 3.23. The van der Waals surface area contributed by atoms with Gasteiger partial charge in [-0.3, -0.25) is 0 Å². The molecule has 0 amide bonds. The van der Waals surface area contributed by atoms with E-state index in [-0.39, 0.29) is 22.3 Å². The van der Waals surface area contributed by atoms with Crippen molar-refractivity contribution in [3.8, 4) is 11.1 Å². The monoisotopic (exact) mass is 266 g/mol. The van der Waals surface area contributed by atoms with E-state index in [1.807, 2.05) is 0 Å². The highest BCUT2D eigenvalue weighted by atomic mass is 14.1. The Morgan fingerprint density at radius 2 is 1.10 bits per heavy atom. The predicted octanol–water partition coefficient (Wildman–Crippen LogP) is 6.72. The van der Waals surface area contributed by atoms with Crippen LogP contribution >= 0.6 is 0 Å². The number of benzene rings is 3. The molecule has 0 atom stereocenters. The van der Waals surface area contributed by atoms with E-state index in [0.717, 1.165) is 0 Å². The van der Waals surface area contributed by atoms with Crippen LogP contribution in [0.4, 0.5) is 0 Å². The van der Waals surface area contributed by atoms with Crippen LogP contribution in [-0.2, 0) is 0 Å². The molecular formula is C20H26. The molecule has 0 heteroatoms. The molecular weight excluding hydrogens is 240 g/mol. The summed E-state index contributed by atoms with van der Waals surface area (Å²) >= 11 is 0. The molecule has 3 aromatic carbocycles. The summed E-state index contributed by atoms with van der Waals surface area (Å²) in [6.07, 6.45) is 0. The summed E-state index contributed by atoms with van der Waals surface area (Å²) < 4.78 is 0. The number of aryl methyl sites for hydroxylation is 1. The van der Waals surface area contributed by atoms with Gasteiger partial charge in [-0.1, -0.05) is 89.0 Å². The zero-order valence-corrected chi connectivity index (χ0v) is 9.85. The number of hydrogen-bond donors (Lipinski definition) is 0. The van der Waals surface area contributed by atoms with Gasteiger partial charge in [0.05, 0.1) is 0 Å². The Morgan fingerprint density at radius 3 is 1.75 bits per heavy atom. The molecule has 0 nitrogen and oxygen atoms in total. The van der Waals surface area contributed by atoms with Crippen LogP contribution in [0.5, 0.6) is 0 Å². The highest BCUT2D eigenvalue weighted by Gasteiger charge is 2.04. The van der Waals surface area contributed by atoms with Crippen LogP contribution < -0.4 is 0 Å². The second-order valence-electron chi connectivity index (χ2n) is 4.34. The van der Waals surface area contributed by atoms with E-state index in [1.54, 1.807) is 0 Å². The van der Waals surface area contributed by atoms with E-state index >= 15 is 0 Å². The molecule has 3 rings (SSSR count). The maximum atomic E-state index is 2.22. The van der Waals surface area contributed by atoms with Crippen molar-refractivity contribution in [2.24, 2.45) is 0 Å². The average molecular weight is 266 g/mol. The fourth-order valence-electron chi connectivity index (χ4n) is 2.32. The minimum atomic E-state index is 0. The number of fused-ring (bicyclic) bond motifs is 1. The fraction of sp³-hybridized carbons (Fsp3) is 0.200. The van der Waals surface area contributed by atoms with E-state index in [2.05, 4.69) is 73.7 Å². The summed E-state index contributed by atoms with van der Waals surface area (Å²) in [4.78, 5) is 0. The number of rotatable bonds is 1. The molecule has 0 spiro atoms. The zero-order chi connectivity index (χ0) is 11.7. The molecule has 0 aliphatic carbocycles. The van der Waals surface area contributed by atoms with Gasteiger partial charge in [-0.15, -0.1) is 0 Å². The quantitative estimate of drug-likeness (QED) is 0.458. The topological polar surface area (TPSA) is 0 Å². The summed E-state index contributed by atoms with van der Waals surface area (Å²) in [6.45, 7) is 2.16. The lowest BCUT2D eigenvalue weighted by Gasteiger charge is -2.09. The van der Waals surface area contributed by atoms with Crippen LogP contribution in [0.2, 0.25) is 0 Å². The fourth-order valence-corrected chi connectivity index (χ4v) is 2.32. The van der Waals surface area contributed by atoms with Gasteiger partial charge in [0, 0.05) is 0 Å². The van der Waals surface area contributed by atoms with Crippen LogP contribution in [-0.4, -0.2) is 0 Å². The third kappa shape index (κ3) is 3.08. The lowest BCUT2D eigenvalue weighted by molar-refractivity contribution is 1.52. The second-order valence-corrected chi connectivity index (χ2v) is 4.34. The molecule has 0 unspecified atom stereocenters. The highest BCUT2D eigenvalue weighted by molar-refractivity contribution is 5.98. The first kappa shape index (κ1) is 17.9. The molecule has 0 heterocycles. The lowest BCUT2D eigenvalue weighted by Crippen LogP contribution is -1.83. The standard InChI is InChI=1S/C17H14.3CH4/c1-13-11-12-16(14-7-3-2-4-8-14)17-10-6-5-9-15(13)17;;;/h2-12H,1H3;3*1H4. The Bertz CT molecular complexity index is 651. The van der Waals surface area contributed by atoms with Gasteiger partial charge in [0.2, 0.25) is 0 Å². The molecule has 0 saturated carbocycles. The zero-order valence-electron chi connectivity index (χ0n) is 9.85. The Labute approximate surface area is 124 Å². The Kier molecular flexibility index (Phi) is 6.72. The Morgan fingerprint density at radius 1 is 0.550 bits per heavy atom. The molecule has 0 aromatic heterocycles. The van der Waals surface area contributed by atoms with Crippen molar-refractivity contribution in [3.63, 3.8) is 0 Å². The molecule has 0 saturated heterocycles. The molecule has 0 radical (unpaired) electrons. The minimum Gasteiger partial charge on any atom is -0.0776 e. The van der Waals surface area contributed by atoms with Gasteiger partial charge in [0.15, 0.2) is 0 Å². The van der Waals surface area contributed by atoms with E-state index in [0.29, 0.717) is 0 Å². The van der Waals surface area contributed by atoms with E-state index < -0.39 is 0 Å². The third-order valence-corrected chi connectivity index (χ3v) is 3.23. The van der Waals surface area contributed by atoms with Crippen molar-refractivity contribution in [1.82, 2.24) is 0 Å². The molecule has 0 N–H and O–H groups in total. The first-order chi connectivity index (χ1) is 8.36. The first-order valence-electron chi connectivity index (χ1n) is 5.90. The summed E-state index contributed by atoms with van der Waals surface area (Å²) in [5.74, 6) is 0.